The van der Waals surface area contributed by atoms with E-state index < -0.39 is 22.4 Å². The SMILES string of the molecule is CN(C1CCSC1)S(=O)(=O)c1ccc(F)c(CO)c1. The Bertz CT molecular complexity index is 556. The number of aliphatic hydroxyl groups is 1. The molecule has 7 heteroatoms. The van der Waals surface area contributed by atoms with Gasteiger partial charge < -0.3 is 5.11 Å². The Kier molecular flexibility index (Phi) is 4.50. The monoisotopic (exact) mass is 305 g/mol. The number of benzene rings is 1. The zero-order valence-corrected chi connectivity index (χ0v) is 12.2. The molecule has 2 rings (SSSR count). The van der Waals surface area contributed by atoms with Gasteiger partial charge in [-0.05, 0) is 30.4 Å². The van der Waals surface area contributed by atoms with Crippen LogP contribution in [0.4, 0.5) is 4.39 Å². The molecule has 0 saturated carbocycles. The lowest BCUT2D eigenvalue weighted by atomic mass is 10.2. The van der Waals surface area contributed by atoms with Gasteiger partial charge in [-0.3, -0.25) is 0 Å². The second-order valence-corrected chi connectivity index (χ2v) is 7.60. The summed E-state index contributed by atoms with van der Waals surface area (Å²) >= 11 is 1.73. The Hall–Kier alpha value is -0.630. The van der Waals surface area contributed by atoms with E-state index in [0.29, 0.717) is 0 Å². The molecule has 1 aromatic carbocycles. The van der Waals surface area contributed by atoms with Gasteiger partial charge >= 0.3 is 0 Å². The maximum Gasteiger partial charge on any atom is 0.243 e. The average molecular weight is 305 g/mol. The highest BCUT2D eigenvalue weighted by molar-refractivity contribution is 7.99. The van der Waals surface area contributed by atoms with E-state index in [4.69, 9.17) is 5.11 Å². The molecule has 0 aliphatic carbocycles. The predicted molar refractivity (Wildman–Crippen MR) is 73.0 cm³/mol. The fraction of sp³-hybridized carbons (Fsp3) is 0.500. The Labute approximate surface area is 116 Å². The zero-order chi connectivity index (χ0) is 14.0. The molecule has 1 heterocycles. The average Bonchev–Trinajstić information content (AvgIpc) is 2.91. The maximum absolute atomic E-state index is 13.3. The molecule has 1 atom stereocenters. The van der Waals surface area contributed by atoms with Crippen molar-refractivity contribution in [2.45, 2.75) is 24.0 Å². The zero-order valence-electron chi connectivity index (χ0n) is 10.5. The third kappa shape index (κ3) is 2.94. The molecule has 1 aliphatic heterocycles. The lowest BCUT2D eigenvalue weighted by Gasteiger charge is -2.23. The number of rotatable bonds is 4. The minimum absolute atomic E-state index is 0.00438. The normalized spacial score (nSPS) is 20.1. The minimum Gasteiger partial charge on any atom is -0.392 e. The quantitative estimate of drug-likeness (QED) is 0.914. The first-order valence-corrected chi connectivity index (χ1v) is 8.51. The molecule has 106 valence electrons. The van der Waals surface area contributed by atoms with E-state index in [2.05, 4.69) is 0 Å². The first-order chi connectivity index (χ1) is 8.96. The smallest absolute Gasteiger partial charge is 0.243 e. The third-order valence-corrected chi connectivity index (χ3v) is 6.34. The second kappa shape index (κ2) is 5.78. The van der Waals surface area contributed by atoms with E-state index in [9.17, 15) is 12.8 Å². The molecule has 1 aliphatic rings. The van der Waals surface area contributed by atoms with Gasteiger partial charge in [0.25, 0.3) is 0 Å². The van der Waals surface area contributed by atoms with Gasteiger partial charge in [-0.25, -0.2) is 12.8 Å². The molecular formula is C12H16FNO3S2. The predicted octanol–water partition coefficient (Wildman–Crippen LogP) is 1.44. The number of hydrogen-bond acceptors (Lipinski definition) is 4. The van der Waals surface area contributed by atoms with Crippen LogP contribution in [-0.2, 0) is 16.6 Å². The van der Waals surface area contributed by atoms with Gasteiger partial charge in [0.05, 0.1) is 11.5 Å². The van der Waals surface area contributed by atoms with Crippen molar-refractivity contribution < 1.29 is 17.9 Å². The van der Waals surface area contributed by atoms with E-state index in [1.807, 2.05) is 0 Å². The van der Waals surface area contributed by atoms with Crippen molar-refractivity contribution in [3.05, 3.63) is 29.6 Å². The topological polar surface area (TPSA) is 57.6 Å². The molecule has 1 fully saturated rings. The van der Waals surface area contributed by atoms with Crippen molar-refractivity contribution in [3.8, 4) is 0 Å². The van der Waals surface area contributed by atoms with Crippen molar-refractivity contribution in [2.75, 3.05) is 18.6 Å². The Morgan fingerprint density at radius 1 is 1.53 bits per heavy atom. The first-order valence-electron chi connectivity index (χ1n) is 5.92. The van der Waals surface area contributed by atoms with Crippen LogP contribution in [0.5, 0.6) is 0 Å². The molecule has 0 amide bonds. The van der Waals surface area contributed by atoms with Crippen LogP contribution in [0.2, 0.25) is 0 Å². The molecule has 1 aromatic rings. The van der Waals surface area contributed by atoms with E-state index in [1.165, 1.54) is 16.4 Å². The van der Waals surface area contributed by atoms with E-state index in [1.54, 1.807) is 18.8 Å². The number of thioether (sulfide) groups is 1. The molecule has 4 nitrogen and oxygen atoms in total. The van der Waals surface area contributed by atoms with Gasteiger partial charge in [-0.15, -0.1) is 0 Å². The standard InChI is InChI=1S/C12H16FNO3S2/c1-14(10-4-5-18-8-10)19(16,17)11-2-3-12(13)9(6-11)7-15/h2-3,6,10,15H,4-5,7-8H2,1H3. The van der Waals surface area contributed by atoms with Crippen LogP contribution in [0.3, 0.4) is 0 Å². The summed E-state index contributed by atoms with van der Waals surface area (Å²) in [6, 6.07) is 3.50. The molecule has 0 aromatic heterocycles. The Morgan fingerprint density at radius 3 is 2.84 bits per heavy atom. The highest BCUT2D eigenvalue weighted by Crippen LogP contribution is 2.26. The number of sulfonamides is 1. The minimum atomic E-state index is -3.63. The molecule has 0 spiro atoms. The summed E-state index contributed by atoms with van der Waals surface area (Å²) < 4.78 is 39.5. The summed E-state index contributed by atoms with van der Waals surface area (Å²) in [5, 5.41) is 9.01. The summed E-state index contributed by atoms with van der Waals surface area (Å²) in [7, 11) is -2.08. The molecule has 0 radical (unpaired) electrons. The fourth-order valence-electron chi connectivity index (χ4n) is 2.00. The van der Waals surface area contributed by atoms with Gasteiger partial charge in [-0.1, -0.05) is 0 Å². The lowest BCUT2D eigenvalue weighted by Crippen LogP contribution is -2.37. The highest BCUT2D eigenvalue weighted by Gasteiger charge is 2.30. The van der Waals surface area contributed by atoms with Crippen LogP contribution in [0.15, 0.2) is 23.1 Å². The molecule has 1 N–H and O–H groups in total. The number of nitrogens with zero attached hydrogens (tertiary/aromatic N) is 1. The van der Waals surface area contributed by atoms with Gasteiger partial charge in [0.1, 0.15) is 5.82 Å². The van der Waals surface area contributed by atoms with Gasteiger partial charge in [0.2, 0.25) is 10.0 Å². The van der Waals surface area contributed by atoms with Crippen LogP contribution in [0.25, 0.3) is 0 Å². The Balaban J connectivity index is 2.33. The molecule has 0 bridgehead atoms. The fourth-order valence-corrected chi connectivity index (χ4v) is 4.80. The summed E-state index contributed by atoms with van der Waals surface area (Å²) in [4.78, 5) is 0.0253. The van der Waals surface area contributed by atoms with Crippen molar-refractivity contribution in [2.24, 2.45) is 0 Å². The van der Waals surface area contributed by atoms with Crippen LogP contribution >= 0.6 is 11.8 Å². The number of aliphatic hydroxyl groups excluding tert-OH is 1. The number of hydrogen-bond donors (Lipinski definition) is 1. The molecular weight excluding hydrogens is 289 g/mol. The van der Waals surface area contributed by atoms with E-state index in [-0.39, 0.29) is 16.5 Å². The molecule has 1 saturated heterocycles. The van der Waals surface area contributed by atoms with Crippen molar-refractivity contribution in [1.82, 2.24) is 4.31 Å². The summed E-state index contributed by atoms with van der Waals surface area (Å²) in [6.45, 7) is -0.516. The van der Waals surface area contributed by atoms with Gasteiger partial charge in [0.15, 0.2) is 0 Å². The van der Waals surface area contributed by atoms with E-state index >= 15 is 0 Å². The van der Waals surface area contributed by atoms with Gasteiger partial charge in [0, 0.05) is 24.4 Å². The Morgan fingerprint density at radius 2 is 2.26 bits per heavy atom. The first kappa shape index (κ1) is 14.8. The summed E-state index contributed by atoms with van der Waals surface area (Å²) in [6.07, 6.45) is 0.828. The highest BCUT2D eigenvalue weighted by atomic mass is 32.2. The lowest BCUT2D eigenvalue weighted by molar-refractivity contribution is 0.275. The van der Waals surface area contributed by atoms with Crippen LogP contribution < -0.4 is 0 Å². The van der Waals surface area contributed by atoms with Crippen molar-refractivity contribution in [3.63, 3.8) is 0 Å². The second-order valence-electron chi connectivity index (χ2n) is 4.45. The maximum atomic E-state index is 13.3. The summed E-state index contributed by atoms with van der Waals surface area (Å²) in [5.74, 6) is 1.14. The summed E-state index contributed by atoms with van der Waals surface area (Å²) in [5.41, 5.74) is -0.00438. The van der Waals surface area contributed by atoms with Crippen LogP contribution in [0, 0.1) is 5.82 Å². The number of halogens is 1. The van der Waals surface area contributed by atoms with Crippen molar-refractivity contribution >= 4 is 21.8 Å². The van der Waals surface area contributed by atoms with Crippen LogP contribution in [-0.4, -0.2) is 42.4 Å². The van der Waals surface area contributed by atoms with E-state index in [0.717, 1.165) is 24.0 Å². The largest absolute Gasteiger partial charge is 0.392 e. The third-order valence-electron chi connectivity index (χ3n) is 3.28. The van der Waals surface area contributed by atoms with Crippen LogP contribution in [0.1, 0.15) is 12.0 Å². The molecule has 19 heavy (non-hydrogen) atoms. The van der Waals surface area contributed by atoms with Crippen molar-refractivity contribution in [1.29, 1.82) is 0 Å². The van der Waals surface area contributed by atoms with Gasteiger partial charge in [-0.2, -0.15) is 16.1 Å². The molecule has 1 unspecified atom stereocenters.